The quantitative estimate of drug-likeness (QED) is 0.381. The van der Waals surface area contributed by atoms with Crippen LogP contribution in [0, 0.1) is 0 Å². The molecule has 0 amide bonds. The average molecular weight is 150 g/mol. The van der Waals surface area contributed by atoms with Crippen LogP contribution < -0.4 is 5.32 Å². The summed E-state index contributed by atoms with van der Waals surface area (Å²) in [4.78, 5) is 3.72. The maximum atomic E-state index is 9.21. The predicted molar refractivity (Wildman–Crippen MR) is 46.1 cm³/mol. The Balaban J connectivity index is 2.77. The number of aliphatic imine (C=N–C) groups is 1. The summed E-state index contributed by atoms with van der Waals surface area (Å²) in [6.45, 7) is 0. The third-order valence-electron chi connectivity index (χ3n) is 1.25. The van der Waals surface area contributed by atoms with Gasteiger partial charge < -0.3 is 10.4 Å². The minimum Gasteiger partial charge on any atom is -0.506 e. The lowest BCUT2D eigenvalue weighted by atomic mass is 10.3. The average Bonchev–Trinajstić information content (AvgIpc) is 2.03. The molecule has 0 saturated heterocycles. The van der Waals surface area contributed by atoms with Gasteiger partial charge in [0.1, 0.15) is 5.75 Å². The molecule has 0 atom stereocenters. The van der Waals surface area contributed by atoms with Gasteiger partial charge >= 0.3 is 0 Å². The molecule has 3 heteroatoms. The maximum absolute atomic E-state index is 9.21. The highest BCUT2D eigenvalue weighted by molar-refractivity contribution is 5.78. The number of hydrogen-bond acceptors (Lipinski definition) is 2. The second-order valence-electron chi connectivity index (χ2n) is 2.05. The predicted octanol–water partition coefficient (Wildman–Crippen LogP) is 1.46. The molecule has 0 aromatic heterocycles. The second-order valence-corrected chi connectivity index (χ2v) is 2.05. The van der Waals surface area contributed by atoms with Crippen molar-refractivity contribution < 1.29 is 5.11 Å². The number of nitrogens with one attached hydrogen (secondary N) is 1. The standard InChI is InChI=1S/C8H10N2O/c1-9-6-10-7-4-2-3-5-8(7)11/h2-6,11H,1H3,(H,9,10). The van der Waals surface area contributed by atoms with E-state index in [1.54, 1.807) is 25.2 Å². The first-order chi connectivity index (χ1) is 5.34. The van der Waals surface area contributed by atoms with Crippen LogP contribution in [0.4, 0.5) is 5.69 Å². The van der Waals surface area contributed by atoms with Crippen LogP contribution in [0.1, 0.15) is 0 Å². The zero-order valence-corrected chi connectivity index (χ0v) is 6.28. The van der Waals surface area contributed by atoms with E-state index < -0.39 is 0 Å². The molecule has 11 heavy (non-hydrogen) atoms. The SMILES string of the molecule is CN=CNc1ccccc1O. The smallest absolute Gasteiger partial charge is 0.139 e. The molecule has 0 fully saturated rings. The molecule has 0 spiro atoms. The largest absolute Gasteiger partial charge is 0.506 e. The molecule has 0 unspecified atom stereocenters. The third kappa shape index (κ3) is 1.97. The molecule has 0 heterocycles. The van der Waals surface area contributed by atoms with Crippen molar-refractivity contribution in [1.29, 1.82) is 0 Å². The van der Waals surface area contributed by atoms with Gasteiger partial charge in [-0.05, 0) is 12.1 Å². The molecule has 1 aromatic carbocycles. The van der Waals surface area contributed by atoms with Crippen LogP contribution in [0.25, 0.3) is 0 Å². The number of benzene rings is 1. The molecular weight excluding hydrogens is 140 g/mol. The van der Waals surface area contributed by atoms with Gasteiger partial charge in [-0.15, -0.1) is 0 Å². The molecule has 0 radical (unpaired) electrons. The first-order valence-electron chi connectivity index (χ1n) is 3.30. The summed E-state index contributed by atoms with van der Waals surface area (Å²) in [5.74, 6) is 0.229. The third-order valence-corrected chi connectivity index (χ3v) is 1.25. The minimum absolute atomic E-state index is 0.229. The van der Waals surface area contributed by atoms with Crippen molar-refractivity contribution in [1.82, 2.24) is 0 Å². The number of para-hydroxylation sites is 2. The van der Waals surface area contributed by atoms with Crippen LogP contribution >= 0.6 is 0 Å². The maximum Gasteiger partial charge on any atom is 0.139 e. The lowest BCUT2D eigenvalue weighted by Gasteiger charge is -2.00. The fourth-order valence-electron chi connectivity index (χ4n) is 0.730. The summed E-state index contributed by atoms with van der Waals surface area (Å²) >= 11 is 0. The van der Waals surface area contributed by atoms with Crippen molar-refractivity contribution in [2.45, 2.75) is 0 Å². The van der Waals surface area contributed by atoms with E-state index in [1.807, 2.05) is 6.07 Å². The van der Waals surface area contributed by atoms with Gasteiger partial charge in [0, 0.05) is 7.05 Å². The number of phenolic OH excluding ortho intramolecular Hbond substituents is 1. The summed E-state index contributed by atoms with van der Waals surface area (Å²) < 4.78 is 0. The van der Waals surface area contributed by atoms with E-state index in [9.17, 15) is 5.11 Å². The second kappa shape index (κ2) is 3.61. The van der Waals surface area contributed by atoms with Gasteiger partial charge in [-0.25, -0.2) is 0 Å². The van der Waals surface area contributed by atoms with Gasteiger partial charge in [0.2, 0.25) is 0 Å². The Kier molecular flexibility index (Phi) is 2.49. The monoisotopic (exact) mass is 150 g/mol. The first-order valence-corrected chi connectivity index (χ1v) is 3.30. The molecule has 0 saturated carbocycles. The normalized spacial score (nSPS) is 10.3. The first kappa shape index (κ1) is 7.60. The van der Waals surface area contributed by atoms with E-state index in [0.717, 1.165) is 0 Å². The summed E-state index contributed by atoms with van der Waals surface area (Å²) in [7, 11) is 1.66. The molecule has 3 nitrogen and oxygen atoms in total. The van der Waals surface area contributed by atoms with Crippen molar-refractivity contribution in [2.24, 2.45) is 4.99 Å². The van der Waals surface area contributed by atoms with Gasteiger partial charge in [-0.1, -0.05) is 12.1 Å². The number of anilines is 1. The molecule has 58 valence electrons. The van der Waals surface area contributed by atoms with E-state index in [-0.39, 0.29) is 5.75 Å². The van der Waals surface area contributed by atoms with Crippen LogP contribution in [0.3, 0.4) is 0 Å². The van der Waals surface area contributed by atoms with Crippen LogP contribution in [-0.2, 0) is 0 Å². The summed E-state index contributed by atoms with van der Waals surface area (Å²) in [6.07, 6.45) is 1.52. The zero-order chi connectivity index (χ0) is 8.10. The molecule has 1 rings (SSSR count). The zero-order valence-electron chi connectivity index (χ0n) is 6.28. The number of phenols is 1. The Hall–Kier alpha value is -1.51. The van der Waals surface area contributed by atoms with E-state index in [1.165, 1.54) is 6.34 Å². The number of rotatable bonds is 2. The molecule has 0 aliphatic carbocycles. The van der Waals surface area contributed by atoms with Crippen molar-refractivity contribution in [2.75, 3.05) is 12.4 Å². The summed E-state index contributed by atoms with van der Waals surface area (Å²) in [5.41, 5.74) is 0.665. The summed E-state index contributed by atoms with van der Waals surface area (Å²) in [6, 6.07) is 7.00. The Morgan fingerprint density at radius 3 is 2.82 bits per heavy atom. The van der Waals surface area contributed by atoms with Crippen LogP contribution in [0.2, 0.25) is 0 Å². The van der Waals surface area contributed by atoms with Crippen molar-refractivity contribution in [3.05, 3.63) is 24.3 Å². The molecular formula is C8H10N2O. The van der Waals surface area contributed by atoms with E-state index >= 15 is 0 Å². The van der Waals surface area contributed by atoms with Gasteiger partial charge in [0.25, 0.3) is 0 Å². The molecule has 0 bridgehead atoms. The van der Waals surface area contributed by atoms with Crippen LogP contribution in [-0.4, -0.2) is 18.5 Å². The van der Waals surface area contributed by atoms with Gasteiger partial charge in [-0.3, -0.25) is 4.99 Å². The molecule has 2 N–H and O–H groups in total. The van der Waals surface area contributed by atoms with E-state index in [4.69, 9.17) is 0 Å². The molecule has 1 aromatic rings. The highest BCUT2D eigenvalue weighted by atomic mass is 16.3. The summed E-state index contributed by atoms with van der Waals surface area (Å²) in [5, 5.41) is 12.0. The Labute approximate surface area is 65.4 Å². The van der Waals surface area contributed by atoms with Crippen molar-refractivity contribution >= 4 is 12.0 Å². The van der Waals surface area contributed by atoms with Crippen molar-refractivity contribution in [3.63, 3.8) is 0 Å². The topological polar surface area (TPSA) is 44.6 Å². The molecule has 0 aliphatic rings. The highest BCUT2D eigenvalue weighted by Gasteiger charge is 1.93. The van der Waals surface area contributed by atoms with Gasteiger partial charge in [0.15, 0.2) is 0 Å². The van der Waals surface area contributed by atoms with Gasteiger partial charge in [-0.2, -0.15) is 0 Å². The Morgan fingerprint density at radius 2 is 2.18 bits per heavy atom. The number of aromatic hydroxyl groups is 1. The fraction of sp³-hybridized carbons (Fsp3) is 0.125. The number of hydrogen-bond donors (Lipinski definition) is 2. The van der Waals surface area contributed by atoms with Gasteiger partial charge in [0.05, 0.1) is 12.0 Å². The Morgan fingerprint density at radius 1 is 1.45 bits per heavy atom. The molecule has 0 aliphatic heterocycles. The highest BCUT2D eigenvalue weighted by Crippen LogP contribution is 2.20. The minimum atomic E-state index is 0.229. The van der Waals surface area contributed by atoms with E-state index in [0.29, 0.717) is 5.69 Å². The van der Waals surface area contributed by atoms with Crippen LogP contribution in [0.5, 0.6) is 5.75 Å². The lowest BCUT2D eigenvalue weighted by Crippen LogP contribution is -1.93. The fourth-order valence-corrected chi connectivity index (χ4v) is 0.730. The lowest BCUT2D eigenvalue weighted by molar-refractivity contribution is 0.478. The van der Waals surface area contributed by atoms with E-state index in [2.05, 4.69) is 10.3 Å². The van der Waals surface area contributed by atoms with Crippen molar-refractivity contribution in [3.8, 4) is 5.75 Å². The Bertz CT molecular complexity index is 258. The number of nitrogens with zero attached hydrogens (tertiary/aromatic N) is 1. The van der Waals surface area contributed by atoms with Crippen LogP contribution in [0.15, 0.2) is 29.3 Å².